The first-order valence-corrected chi connectivity index (χ1v) is 9.06. The molecule has 5 heteroatoms. The van der Waals surface area contributed by atoms with Gasteiger partial charge in [0.15, 0.2) is 0 Å². The molecule has 0 radical (unpaired) electrons. The molecular weight excluding hydrogens is 338 g/mol. The highest BCUT2D eigenvalue weighted by atomic mass is 16.2. The summed E-state index contributed by atoms with van der Waals surface area (Å²) in [5.74, 6) is -0.400. The number of carbonyl (C=O) groups excluding carboxylic acids is 2. The van der Waals surface area contributed by atoms with Crippen molar-refractivity contribution >= 4 is 11.8 Å². The number of nitrogens with one attached hydrogen (secondary N) is 1. The molecule has 0 aromatic heterocycles. The van der Waals surface area contributed by atoms with Gasteiger partial charge in [-0.1, -0.05) is 50.6 Å². The summed E-state index contributed by atoms with van der Waals surface area (Å²) in [7, 11) is 1.71. The third-order valence-electron chi connectivity index (χ3n) is 4.65. The molecule has 2 amide bonds. The number of nitrogens with zero attached hydrogens (tertiary/aromatic N) is 2. The van der Waals surface area contributed by atoms with Crippen molar-refractivity contribution in [2.24, 2.45) is 5.92 Å². The van der Waals surface area contributed by atoms with Crippen LogP contribution in [-0.2, 0) is 11.3 Å². The van der Waals surface area contributed by atoms with Crippen molar-refractivity contribution < 1.29 is 9.59 Å². The van der Waals surface area contributed by atoms with E-state index in [9.17, 15) is 9.59 Å². The van der Waals surface area contributed by atoms with Gasteiger partial charge >= 0.3 is 0 Å². The van der Waals surface area contributed by atoms with E-state index >= 15 is 0 Å². The van der Waals surface area contributed by atoms with Gasteiger partial charge in [-0.25, -0.2) is 0 Å². The molecule has 0 aliphatic heterocycles. The zero-order valence-electron chi connectivity index (χ0n) is 16.0. The molecule has 0 aliphatic carbocycles. The Kier molecular flexibility index (Phi) is 7.13. The maximum absolute atomic E-state index is 13.0. The number of benzene rings is 2. The van der Waals surface area contributed by atoms with Gasteiger partial charge in [0.05, 0.1) is 11.6 Å². The Balaban J connectivity index is 2.13. The molecule has 0 heterocycles. The lowest BCUT2D eigenvalue weighted by Crippen LogP contribution is -2.50. The van der Waals surface area contributed by atoms with Crippen LogP contribution in [0.5, 0.6) is 0 Å². The number of carbonyl (C=O) groups is 2. The zero-order chi connectivity index (χ0) is 19.8. The molecule has 2 rings (SSSR count). The summed E-state index contributed by atoms with van der Waals surface area (Å²) in [6.45, 7) is 4.33. The summed E-state index contributed by atoms with van der Waals surface area (Å²) in [6, 6.07) is 17.6. The molecular formula is C22H25N3O2. The van der Waals surface area contributed by atoms with Crippen LogP contribution in [0.2, 0.25) is 0 Å². The number of rotatable bonds is 7. The second kappa shape index (κ2) is 9.54. The van der Waals surface area contributed by atoms with Gasteiger partial charge in [0.25, 0.3) is 5.91 Å². The Morgan fingerprint density at radius 3 is 2.48 bits per heavy atom. The van der Waals surface area contributed by atoms with Gasteiger partial charge < -0.3 is 10.2 Å². The van der Waals surface area contributed by atoms with Crippen molar-refractivity contribution in [3.8, 4) is 6.07 Å². The van der Waals surface area contributed by atoms with Crippen molar-refractivity contribution in [3.05, 3.63) is 71.3 Å². The maximum Gasteiger partial charge on any atom is 0.251 e. The van der Waals surface area contributed by atoms with Crippen molar-refractivity contribution in [2.45, 2.75) is 32.9 Å². The van der Waals surface area contributed by atoms with Gasteiger partial charge in [-0.2, -0.15) is 5.26 Å². The predicted molar refractivity (Wildman–Crippen MR) is 105 cm³/mol. The summed E-state index contributed by atoms with van der Waals surface area (Å²) in [5.41, 5.74) is 1.97. The van der Waals surface area contributed by atoms with E-state index in [2.05, 4.69) is 11.4 Å². The lowest BCUT2D eigenvalue weighted by molar-refractivity contribution is -0.133. The van der Waals surface area contributed by atoms with Crippen molar-refractivity contribution in [1.82, 2.24) is 10.2 Å². The average Bonchev–Trinajstić information content (AvgIpc) is 2.71. The van der Waals surface area contributed by atoms with Gasteiger partial charge in [-0.05, 0) is 35.7 Å². The van der Waals surface area contributed by atoms with E-state index in [0.29, 0.717) is 17.7 Å². The molecule has 2 aromatic rings. The molecule has 0 saturated carbocycles. The smallest absolute Gasteiger partial charge is 0.251 e. The monoisotopic (exact) mass is 363 g/mol. The number of hydrogen-bond donors (Lipinski definition) is 1. The Hall–Kier alpha value is -3.13. The standard InChI is InChI=1S/C22H25N3O2/c1-4-16(2)20(24-21(26)19-11-6-5-7-12-19)22(27)25(3)15-18-10-8-9-17(13-18)14-23/h5-13,16,20H,4,15H2,1-3H3,(H,24,26). The highest BCUT2D eigenvalue weighted by Gasteiger charge is 2.28. The molecule has 0 aliphatic rings. The minimum absolute atomic E-state index is 0.00180. The van der Waals surface area contributed by atoms with Crippen LogP contribution in [0.1, 0.15) is 41.8 Å². The van der Waals surface area contributed by atoms with E-state index in [-0.39, 0.29) is 17.7 Å². The Bertz CT molecular complexity index is 827. The van der Waals surface area contributed by atoms with Crippen LogP contribution in [0.25, 0.3) is 0 Å². The first kappa shape index (κ1) is 20.2. The van der Waals surface area contributed by atoms with E-state index in [1.54, 1.807) is 54.4 Å². The summed E-state index contributed by atoms with van der Waals surface area (Å²) >= 11 is 0. The van der Waals surface area contributed by atoms with Crippen molar-refractivity contribution in [1.29, 1.82) is 5.26 Å². The van der Waals surface area contributed by atoms with Gasteiger partial charge in [0, 0.05) is 19.2 Å². The first-order valence-electron chi connectivity index (χ1n) is 9.06. The van der Waals surface area contributed by atoms with Crippen LogP contribution in [0, 0.1) is 17.2 Å². The van der Waals surface area contributed by atoms with Crippen molar-refractivity contribution in [3.63, 3.8) is 0 Å². The van der Waals surface area contributed by atoms with Crippen LogP contribution < -0.4 is 5.32 Å². The third kappa shape index (κ3) is 5.42. The highest BCUT2D eigenvalue weighted by Crippen LogP contribution is 2.14. The average molecular weight is 363 g/mol. The molecule has 27 heavy (non-hydrogen) atoms. The summed E-state index contributed by atoms with van der Waals surface area (Å²) in [6.07, 6.45) is 0.767. The van der Waals surface area contributed by atoms with Crippen LogP contribution >= 0.6 is 0 Å². The number of likely N-dealkylation sites (N-methyl/N-ethyl adjacent to an activating group) is 1. The minimum Gasteiger partial charge on any atom is -0.340 e. The fraction of sp³-hybridized carbons (Fsp3) is 0.318. The SMILES string of the molecule is CCC(C)C(NC(=O)c1ccccc1)C(=O)N(C)Cc1cccc(C#N)c1. The van der Waals surface area contributed by atoms with E-state index in [1.807, 2.05) is 26.0 Å². The van der Waals surface area contributed by atoms with Crippen LogP contribution in [0.4, 0.5) is 0 Å². The second-order valence-electron chi connectivity index (χ2n) is 6.71. The lowest BCUT2D eigenvalue weighted by atomic mass is 9.97. The molecule has 5 nitrogen and oxygen atoms in total. The van der Waals surface area contributed by atoms with Gasteiger partial charge in [-0.15, -0.1) is 0 Å². The van der Waals surface area contributed by atoms with E-state index < -0.39 is 6.04 Å². The molecule has 0 fully saturated rings. The molecule has 1 N–H and O–H groups in total. The maximum atomic E-state index is 13.0. The normalized spacial score (nSPS) is 12.5. The van der Waals surface area contributed by atoms with E-state index in [4.69, 9.17) is 5.26 Å². The minimum atomic E-state index is -0.605. The molecule has 2 aromatic carbocycles. The molecule has 0 spiro atoms. The van der Waals surface area contributed by atoms with E-state index in [1.165, 1.54) is 0 Å². The first-order chi connectivity index (χ1) is 13.0. The number of amides is 2. The largest absolute Gasteiger partial charge is 0.340 e. The predicted octanol–water partition coefficient (Wildman–Crippen LogP) is 3.36. The number of nitriles is 1. The number of hydrogen-bond acceptors (Lipinski definition) is 3. The van der Waals surface area contributed by atoms with Crippen LogP contribution in [0.15, 0.2) is 54.6 Å². The van der Waals surface area contributed by atoms with E-state index in [0.717, 1.165) is 12.0 Å². The lowest BCUT2D eigenvalue weighted by Gasteiger charge is -2.28. The molecule has 0 bridgehead atoms. The fourth-order valence-corrected chi connectivity index (χ4v) is 2.83. The van der Waals surface area contributed by atoms with Gasteiger partial charge in [0.2, 0.25) is 5.91 Å². The van der Waals surface area contributed by atoms with Crippen molar-refractivity contribution in [2.75, 3.05) is 7.05 Å². The summed E-state index contributed by atoms with van der Waals surface area (Å²) < 4.78 is 0. The molecule has 0 saturated heterocycles. The van der Waals surface area contributed by atoms with Crippen LogP contribution in [-0.4, -0.2) is 29.8 Å². The Morgan fingerprint density at radius 2 is 1.85 bits per heavy atom. The highest BCUT2D eigenvalue weighted by molar-refractivity contribution is 5.97. The fourth-order valence-electron chi connectivity index (χ4n) is 2.83. The summed E-state index contributed by atoms with van der Waals surface area (Å²) in [5, 5.41) is 11.9. The van der Waals surface area contributed by atoms with Gasteiger partial charge in [0.1, 0.15) is 6.04 Å². The van der Waals surface area contributed by atoms with Crippen LogP contribution in [0.3, 0.4) is 0 Å². The van der Waals surface area contributed by atoms with Gasteiger partial charge in [-0.3, -0.25) is 9.59 Å². The summed E-state index contributed by atoms with van der Waals surface area (Å²) in [4.78, 5) is 27.1. The molecule has 140 valence electrons. The molecule has 2 atom stereocenters. The Morgan fingerprint density at radius 1 is 1.15 bits per heavy atom. The Labute approximate surface area is 160 Å². The second-order valence-corrected chi connectivity index (χ2v) is 6.71. The third-order valence-corrected chi connectivity index (χ3v) is 4.65. The molecule has 2 unspecified atom stereocenters. The zero-order valence-corrected chi connectivity index (χ0v) is 16.0. The topological polar surface area (TPSA) is 73.2 Å². The quantitative estimate of drug-likeness (QED) is 0.820.